The third kappa shape index (κ3) is 2.84. The summed E-state index contributed by atoms with van der Waals surface area (Å²) in [5, 5.41) is 0. The van der Waals surface area contributed by atoms with E-state index in [0.29, 0.717) is 17.8 Å². The molecule has 0 bridgehead atoms. The largest absolute Gasteiger partial charge is 0.487 e. The Morgan fingerprint density at radius 3 is 2.76 bits per heavy atom. The number of carbonyl (C=O) groups excluding carboxylic acids is 1. The summed E-state index contributed by atoms with van der Waals surface area (Å²) in [6, 6.07) is 4.34. The van der Waals surface area contributed by atoms with E-state index in [-0.39, 0.29) is 11.9 Å². The maximum Gasteiger partial charge on any atom is 0.165 e. The van der Waals surface area contributed by atoms with Crippen LogP contribution in [0.5, 0.6) is 5.75 Å². The summed E-state index contributed by atoms with van der Waals surface area (Å²) in [5.41, 5.74) is 0.339. The van der Waals surface area contributed by atoms with E-state index in [1.165, 1.54) is 12.5 Å². The summed E-state index contributed by atoms with van der Waals surface area (Å²) >= 11 is 0. The average Bonchev–Trinajstić information content (AvgIpc) is 2.34. The molecule has 0 aliphatic heterocycles. The third-order valence-electron chi connectivity index (χ3n) is 3.40. The van der Waals surface area contributed by atoms with Crippen molar-refractivity contribution in [1.82, 2.24) is 0 Å². The molecular weight excluding hydrogens is 219 g/mol. The predicted molar refractivity (Wildman–Crippen MR) is 63.8 cm³/mol. The van der Waals surface area contributed by atoms with Crippen LogP contribution in [0.2, 0.25) is 0 Å². The fourth-order valence-electron chi connectivity index (χ4n) is 2.31. The summed E-state index contributed by atoms with van der Waals surface area (Å²) in [6.45, 7) is 2.14. The molecule has 2 atom stereocenters. The first-order chi connectivity index (χ1) is 8.20. The minimum atomic E-state index is -0.452. The quantitative estimate of drug-likeness (QED) is 0.749. The van der Waals surface area contributed by atoms with Crippen LogP contribution in [0.25, 0.3) is 0 Å². The second kappa shape index (κ2) is 5.30. The van der Waals surface area contributed by atoms with Crippen LogP contribution in [-0.2, 0) is 0 Å². The van der Waals surface area contributed by atoms with E-state index < -0.39 is 5.82 Å². The number of halogens is 1. The normalized spacial score (nSPS) is 24.4. The van der Waals surface area contributed by atoms with Gasteiger partial charge < -0.3 is 4.74 Å². The van der Waals surface area contributed by atoms with Crippen molar-refractivity contribution in [3.05, 3.63) is 29.6 Å². The molecule has 0 spiro atoms. The average molecular weight is 236 g/mol. The first kappa shape index (κ1) is 12.1. The minimum Gasteiger partial charge on any atom is -0.487 e. The van der Waals surface area contributed by atoms with E-state index in [1.807, 2.05) is 0 Å². The number of carbonyl (C=O) groups is 1. The number of ether oxygens (including phenoxy) is 1. The lowest BCUT2D eigenvalue weighted by Crippen LogP contribution is -2.28. The van der Waals surface area contributed by atoms with Crippen LogP contribution in [0.15, 0.2) is 18.2 Å². The van der Waals surface area contributed by atoms with Gasteiger partial charge in [-0.3, -0.25) is 4.79 Å². The van der Waals surface area contributed by atoms with Crippen molar-refractivity contribution in [2.24, 2.45) is 5.92 Å². The van der Waals surface area contributed by atoms with Crippen LogP contribution in [-0.4, -0.2) is 12.4 Å². The van der Waals surface area contributed by atoms with Crippen LogP contribution in [0.1, 0.15) is 43.0 Å². The Balaban J connectivity index is 2.09. The molecule has 1 aliphatic rings. The Kier molecular flexibility index (Phi) is 3.77. The standard InChI is InChI=1S/C14H17FO2/c1-10-4-2-3-5-13(10)17-14-7-6-11(9-16)8-12(14)15/h6-10,13H,2-5H2,1H3. The molecule has 0 aromatic heterocycles. The van der Waals surface area contributed by atoms with Gasteiger partial charge in [0, 0.05) is 5.56 Å². The van der Waals surface area contributed by atoms with Gasteiger partial charge in [-0.05, 0) is 43.4 Å². The monoisotopic (exact) mass is 236 g/mol. The van der Waals surface area contributed by atoms with Crippen LogP contribution in [0, 0.1) is 11.7 Å². The van der Waals surface area contributed by atoms with Crippen LogP contribution < -0.4 is 4.74 Å². The number of benzene rings is 1. The molecule has 1 aromatic rings. The third-order valence-corrected chi connectivity index (χ3v) is 3.40. The van der Waals surface area contributed by atoms with Gasteiger partial charge in [0.2, 0.25) is 0 Å². The molecule has 0 N–H and O–H groups in total. The topological polar surface area (TPSA) is 26.3 Å². The zero-order chi connectivity index (χ0) is 12.3. The first-order valence-corrected chi connectivity index (χ1v) is 6.12. The fraction of sp³-hybridized carbons (Fsp3) is 0.500. The van der Waals surface area contributed by atoms with Crippen molar-refractivity contribution in [3.8, 4) is 5.75 Å². The smallest absolute Gasteiger partial charge is 0.165 e. The molecule has 1 saturated carbocycles. The van der Waals surface area contributed by atoms with E-state index in [1.54, 1.807) is 12.1 Å². The van der Waals surface area contributed by atoms with Gasteiger partial charge in [-0.15, -0.1) is 0 Å². The van der Waals surface area contributed by atoms with E-state index in [4.69, 9.17) is 4.74 Å². The fourth-order valence-corrected chi connectivity index (χ4v) is 2.31. The molecule has 1 aromatic carbocycles. The molecule has 1 aliphatic carbocycles. The predicted octanol–water partition coefficient (Wildman–Crippen LogP) is 3.60. The number of rotatable bonds is 3. The molecule has 0 saturated heterocycles. The highest BCUT2D eigenvalue weighted by Gasteiger charge is 2.23. The molecule has 17 heavy (non-hydrogen) atoms. The summed E-state index contributed by atoms with van der Waals surface area (Å²) in [4.78, 5) is 10.5. The molecule has 2 rings (SSSR count). The summed E-state index contributed by atoms with van der Waals surface area (Å²) in [6.07, 6.45) is 5.22. The van der Waals surface area contributed by atoms with E-state index >= 15 is 0 Å². The zero-order valence-electron chi connectivity index (χ0n) is 9.99. The Bertz CT molecular complexity index is 403. The number of hydrogen-bond donors (Lipinski definition) is 0. The molecule has 3 heteroatoms. The second-order valence-electron chi connectivity index (χ2n) is 4.73. The molecule has 0 amide bonds. The van der Waals surface area contributed by atoms with Gasteiger partial charge in [-0.1, -0.05) is 13.3 Å². The number of hydrogen-bond acceptors (Lipinski definition) is 2. The van der Waals surface area contributed by atoms with Gasteiger partial charge >= 0.3 is 0 Å². The van der Waals surface area contributed by atoms with Crippen molar-refractivity contribution in [2.75, 3.05) is 0 Å². The second-order valence-corrected chi connectivity index (χ2v) is 4.73. The van der Waals surface area contributed by atoms with Crippen molar-refractivity contribution < 1.29 is 13.9 Å². The molecular formula is C14H17FO2. The maximum atomic E-state index is 13.6. The van der Waals surface area contributed by atoms with Gasteiger partial charge in [-0.2, -0.15) is 0 Å². The first-order valence-electron chi connectivity index (χ1n) is 6.12. The molecule has 2 unspecified atom stereocenters. The Morgan fingerprint density at radius 2 is 2.12 bits per heavy atom. The lowest BCUT2D eigenvalue weighted by atomic mass is 9.88. The Morgan fingerprint density at radius 1 is 1.35 bits per heavy atom. The van der Waals surface area contributed by atoms with Crippen LogP contribution in [0.3, 0.4) is 0 Å². The van der Waals surface area contributed by atoms with Crippen molar-refractivity contribution >= 4 is 6.29 Å². The van der Waals surface area contributed by atoms with Gasteiger partial charge in [0.15, 0.2) is 11.6 Å². The lowest BCUT2D eigenvalue weighted by molar-refractivity contribution is 0.0979. The molecule has 0 radical (unpaired) electrons. The van der Waals surface area contributed by atoms with E-state index in [9.17, 15) is 9.18 Å². The van der Waals surface area contributed by atoms with Crippen molar-refractivity contribution in [3.63, 3.8) is 0 Å². The highest BCUT2D eigenvalue weighted by atomic mass is 19.1. The molecule has 2 nitrogen and oxygen atoms in total. The van der Waals surface area contributed by atoms with Crippen molar-refractivity contribution in [2.45, 2.75) is 38.7 Å². The SMILES string of the molecule is CC1CCCCC1Oc1ccc(C=O)cc1F. The van der Waals surface area contributed by atoms with E-state index in [0.717, 1.165) is 19.3 Å². The highest BCUT2D eigenvalue weighted by molar-refractivity contribution is 5.74. The summed E-state index contributed by atoms with van der Waals surface area (Å²) in [7, 11) is 0. The molecule has 92 valence electrons. The van der Waals surface area contributed by atoms with Crippen molar-refractivity contribution in [1.29, 1.82) is 0 Å². The van der Waals surface area contributed by atoms with Crippen LogP contribution >= 0.6 is 0 Å². The van der Waals surface area contributed by atoms with Gasteiger partial charge in [-0.25, -0.2) is 4.39 Å². The number of aldehydes is 1. The Labute approximate surface area is 101 Å². The van der Waals surface area contributed by atoms with Crippen LogP contribution in [0.4, 0.5) is 4.39 Å². The minimum absolute atomic E-state index is 0.0975. The lowest BCUT2D eigenvalue weighted by Gasteiger charge is -2.29. The van der Waals surface area contributed by atoms with Gasteiger partial charge in [0.05, 0.1) is 0 Å². The van der Waals surface area contributed by atoms with E-state index in [2.05, 4.69) is 6.92 Å². The highest BCUT2D eigenvalue weighted by Crippen LogP contribution is 2.29. The maximum absolute atomic E-state index is 13.6. The molecule has 0 heterocycles. The molecule has 1 fully saturated rings. The van der Waals surface area contributed by atoms with Gasteiger partial charge in [0.25, 0.3) is 0 Å². The Hall–Kier alpha value is -1.38. The summed E-state index contributed by atoms with van der Waals surface area (Å²) in [5.74, 6) is 0.274. The summed E-state index contributed by atoms with van der Waals surface area (Å²) < 4.78 is 19.3. The zero-order valence-corrected chi connectivity index (χ0v) is 9.99. The van der Waals surface area contributed by atoms with Gasteiger partial charge in [0.1, 0.15) is 12.4 Å².